The van der Waals surface area contributed by atoms with Crippen molar-refractivity contribution < 1.29 is 18.3 Å². The minimum atomic E-state index is -4.48. The lowest BCUT2D eigenvalue weighted by molar-refractivity contribution is -0.137. The van der Waals surface area contributed by atoms with Crippen LogP contribution in [0, 0.1) is 0 Å². The average Bonchev–Trinajstić information content (AvgIpc) is 2.48. The molecule has 1 atom stereocenters. The van der Waals surface area contributed by atoms with Crippen molar-refractivity contribution in [1.82, 2.24) is 9.78 Å². The van der Waals surface area contributed by atoms with Gasteiger partial charge >= 0.3 is 6.18 Å². The lowest BCUT2D eigenvalue weighted by Crippen LogP contribution is -2.22. The second-order valence-corrected chi connectivity index (χ2v) is 5.18. The Morgan fingerprint density at radius 1 is 1.36 bits per heavy atom. The summed E-state index contributed by atoms with van der Waals surface area (Å²) in [5, 5.41) is 13.4. The fraction of sp³-hybridized carbons (Fsp3) is 0.467. The molecule has 0 radical (unpaired) electrons. The van der Waals surface area contributed by atoms with Crippen LogP contribution in [0.1, 0.15) is 37.6 Å². The van der Waals surface area contributed by atoms with E-state index >= 15 is 0 Å². The van der Waals surface area contributed by atoms with Gasteiger partial charge in [-0.05, 0) is 31.5 Å². The van der Waals surface area contributed by atoms with E-state index in [-0.39, 0.29) is 35.7 Å². The van der Waals surface area contributed by atoms with Crippen LogP contribution in [0.25, 0.3) is 10.9 Å². The third-order valence-electron chi connectivity index (χ3n) is 3.66. The van der Waals surface area contributed by atoms with Crippen LogP contribution < -0.4 is 5.43 Å². The van der Waals surface area contributed by atoms with E-state index in [1.165, 1.54) is 10.7 Å². The third-order valence-corrected chi connectivity index (χ3v) is 3.66. The number of aliphatic hydroxyl groups is 1. The fourth-order valence-corrected chi connectivity index (χ4v) is 2.25. The number of alkyl halides is 3. The maximum absolute atomic E-state index is 12.9. The van der Waals surface area contributed by atoms with Gasteiger partial charge in [-0.25, -0.2) is 0 Å². The van der Waals surface area contributed by atoms with Crippen LogP contribution in [0.3, 0.4) is 0 Å². The van der Waals surface area contributed by atoms with Crippen LogP contribution >= 0.6 is 0 Å². The van der Waals surface area contributed by atoms with Crippen LogP contribution in [0.2, 0.25) is 0 Å². The molecular weight excluding hydrogens is 297 g/mol. The zero-order chi connectivity index (χ0) is 16.5. The van der Waals surface area contributed by atoms with E-state index in [1.807, 2.05) is 13.8 Å². The van der Waals surface area contributed by atoms with E-state index in [1.54, 1.807) is 0 Å². The number of hydrogen-bond acceptors (Lipinski definition) is 3. The topological polar surface area (TPSA) is 55.1 Å². The molecule has 0 aliphatic carbocycles. The number of rotatable bonds is 4. The zero-order valence-corrected chi connectivity index (χ0v) is 12.3. The summed E-state index contributed by atoms with van der Waals surface area (Å²) >= 11 is 0. The van der Waals surface area contributed by atoms with Gasteiger partial charge in [0.25, 0.3) is 0 Å². The molecule has 0 saturated carbocycles. The Bertz CT molecular complexity index is 738. The van der Waals surface area contributed by atoms with Crippen LogP contribution in [-0.2, 0) is 12.6 Å². The first-order valence-corrected chi connectivity index (χ1v) is 7.03. The molecule has 120 valence electrons. The molecule has 1 aromatic heterocycles. The van der Waals surface area contributed by atoms with Gasteiger partial charge in [0.15, 0.2) is 0 Å². The minimum Gasteiger partial charge on any atom is -0.396 e. The normalized spacial score (nSPS) is 13.5. The van der Waals surface area contributed by atoms with Crippen LogP contribution in [0.15, 0.2) is 23.0 Å². The van der Waals surface area contributed by atoms with Gasteiger partial charge in [0, 0.05) is 24.5 Å². The molecule has 0 saturated heterocycles. The molecule has 0 aliphatic heterocycles. The maximum atomic E-state index is 12.9. The molecule has 1 aromatic carbocycles. The van der Waals surface area contributed by atoms with Gasteiger partial charge in [0.05, 0.1) is 11.1 Å². The van der Waals surface area contributed by atoms with Crippen LogP contribution in [0.5, 0.6) is 0 Å². The predicted octanol–water partition coefficient (Wildman–Crippen LogP) is 2.92. The van der Waals surface area contributed by atoms with Gasteiger partial charge in [-0.15, -0.1) is 0 Å². The van der Waals surface area contributed by atoms with Gasteiger partial charge in [0.1, 0.15) is 5.69 Å². The Morgan fingerprint density at radius 3 is 2.59 bits per heavy atom. The summed E-state index contributed by atoms with van der Waals surface area (Å²) in [5.41, 5.74) is -0.920. The number of benzene rings is 1. The van der Waals surface area contributed by atoms with Gasteiger partial charge in [0.2, 0.25) is 5.43 Å². The highest BCUT2D eigenvalue weighted by atomic mass is 19.4. The van der Waals surface area contributed by atoms with Crippen LogP contribution in [-0.4, -0.2) is 21.5 Å². The lowest BCUT2D eigenvalue weighted by atomic mass is 10.1. The zero-order valence-electron chi connectivity index (χ0n) is 12.3. The highest BCUT2D eigenvalue weighted by Crippen LogP contribution is 2.31. The van der Waals surface area contributed by atoms with Gasteiger partial charge in [-0.1, -0.05) is 6.92 Å². The van der Waals surface area contributed by atoms with E-state index in [0.29, 0.717) is 6.42 Å². The minimum absolute atomic E-state index is 0.0756. The molecule has 1 heterocycles. The smallest absolute Gasteiger partial charge is 0.396 e. The van der Waals surface area contributed by atoms with Crippen molar-refractivity contribution in [3.8, 4) is 0 Å². The largest absolute Gasteiger partial charge is 0.416 e. The molecule has 22 heavy (non-hydrogen) atoms. The summed E-state index contributed by atoms with van der Waals surface area (Å²) in [6.07, 6.45) is -3.75. The molecule has 0 aliphatic rings. The molecule has 1 unspecified atom stereocenters. The summed E-state index contributed by atoms with van der Waals surface area (Å²) in [6, 6.07) is 2.87. The van der Waals surface area contributed by atoms with E-state index in [2.05, 4.69) is 5.10 Å². The van der Waals surface area contributed by atoms with Crippen molar-refractivity contribution in [2.45, 2.75) is 38.9 Å². The fourth-order valence-electron chi connectivity index (χ4n) is 2.25. The second-order valence-electron chi connectivity index (χ2n) is 5.18. The lowest BCUT2D eigenvalue weighted by Gasteiger charge is -2.18. The van der Waals surface area contributed by atoms with Crippen molar-refractivity contribution in [3.05, 3.63) is 39.7 Å². The summed E-state index contributed by atoms with van der Waals surface area (Å²) in [6.45, 7) is 3.46. The van der Waals surface area contributed by atoms with E-state index in [4.69, 9.17) is 5.11 Å². The quantitative estimate of drug-likeness (QED) is 0.944. The Morgan fingerprint density at radius 2 is 2.05 bits per heavy atom. The number of aliphatic hydroxyl groups excluding tert-OH is 1. The Kier molecular flexibility index (Phi) is 4.55. The van der Waals surface area contributed by atoms with Crippen molar-refractivity contribution >= 4 is 10.9 Å². The number of aromatic nitrogens is 2. The molecular formula is C15H17F3N2O2. The number of halogens is 3. The first-order chi connectivity index (χ1) is 10.3. The predicted molar refractivity (Wildman–Crippen MR) is 76.8 cm³/mol. The molecule has 0 fully saturated rings. The van der Waals surface area contributed by atoms with Crippen molar-refractivity contribution in [1.29, 1.82) is 0 Å². The molecule has 7 heteroatoms. The molecule has 2 aromatic rings. The van der Waals surface area contributed by atoms with E-state index in [0.717, 1.165) is 12.1 Å². The molecule has 0 bridgehead atoms. The van der Waals surface area contributed by atoms with E-state index in [9.17, 15) is 18.0 Å². The van der Waals surface area contributed by atoms with Crippen molar-refractivity contribution in [3.63, 3.8) is 0 Å². The first-order valence-electron chi connectivity index (χ1n) is 7.03. The average molecular weight is 314 g/mol. The first kappa shape index (κ1) is 16.5. The summed E-state index contributed by atoms with van der Waals surface area (Å²) in [7, 11) is 0. The summed E-state index contributed by atoms with van der Waals surface area (Å²) in [4.78, 5) is 12.3. The monoisotopic (exact) mass is 314 g/mol. The van der Waals surface area contributed by atoms with Crippen LogP contribution in [0.4, 0.5) is 13.2 Å². The second kappa shape index (κ2) is 6.08. The maximum Gasteiger partial charge on any atom is 0.416 e. The highest BCUT2D eigenvalue weighted by molar-refractivity contribution is 5.79. The van der Waals surface area contributed by atoms with Crippen molar-refractivity contribution in [2.24, 2.45) is 0 Å². The molecule has 4 nitrogen and oxygen atoms in total. The SMILES string of the molecule is CCC(C)n1nc(CCO)c(=O)c2ccc(C(F)(F)F)cc21. The number of fused-ring (bicyclic) bond motifs is 1. The molecule has 0 spiro atoms. The number of nitrogens with zero attached hydrogens (tertiary/aromatic N) is 2. The van der Waals surface area contributed by atoms with Gasteiger partial charge in [-0.2, -0.15) is 18.3 Å². The van der Waals surface area contributed by atoms with E-state index < -0.39 is 17.2 Å². The molecule has 1 N–H and O–H groups in total. The van der Waals surface area contributed by atoms with Gasteiger partial charge in [-0.3, -0.25) is 9.48 Å². The van der Waals surface area contributed by atoms with Crippen molar-refractivity contribution in [2.75, 3.05) is 6.61 Å². The Hall–Kier alpha value is -1.89. The van der Waals surface area contributed by atoms with Gasteiger partial charge < -0.3 is 5.11 Å². The Balaban J connectivity index is 2.81. The standard InChI is InChI=1S/C15H17F3N2O2/c1-3-9(2)20-13-8-10(15(16,17)18)4-5-11(13)14(22)12(19-20)6-7-21/h4-5,8-9,21H,3,6-7H2,1-2H3. The summed E-state index contributed by atoms with van der Waals surface area (Å²) in [5.74, 6) is 0. The molecule has 0 amide bonds. The highest BCUT2D eigenvalue weighted by Gasteiger charge is 2.31. The summed E-state index contributed by atoms with van der Waals surface area (Å²) < 4.78 is 40.1. The Labute approximate surface area is 125 Å². The number of hydrogen-bond donors (Lipinski definition) is 1. The third kappa shape index (κ3) is 2.99. The molecule has 2 rings (SSSR count).